The largest absolute Gasteiger partial charge is 0.454 e. The molecule has 0 aliphatic heterocycles. The van der Waals surface area contributed by atoms with Crippen molar-refractivity contribution in [3.8, 4) is 11.1 Å². The van der Waals surface area contributed by atoms with Crippen molar-refractivity contribution in [2.75, 3.05) is 9.80 Å². The van der Waals surface area contributed by atoms with E-state index in [-0.39, 0.29) is 0 Å². The van der Waals surface area contributed by atoms with E-state index in [1.165, 1.54) is 82.2 Å². The van der Waals surface area contributed by atoms with E-state index in [4.69, 9.17) is 8.83 Å². The van der Waals surface area contributed by atoms with E-state index in [0.717, 1.165) is 111 Å². The van der Waals surface area contributed by atoms with E-state index < -0.39 is 5.41 Å². The summed E-state index contributed by atoms with van der Waals surface area (Å²) in [5, 5.41) is 11.8. The van der Waals surface area contributed by atoms with Gasteiger partial charge in [-0.15, -0.1) is 0 Å². The first-order valence-corrected chi connectivity index (χ1v) is 30.4. The molecule has 1 aliphatic carbocycles. The molecule has 0 saturated carbocycles. The predicted octanol–water partition coefficient (Wildman–Crippen LogP) is 22.9. The summed E-state index contributed by atoms with van der Waals surface area (Å²) in [7, 11) is 0. The molecule has 0 spiro atoms. The molecule has 13 aromatic carbocycles. The summed E-state index contributed by atoms with van der Waals surface area (Å²) in [5.41, 5.74) is 18.8. The van der Waals surface area contributed by atoms with Crippen molar-refractivity contribution >= 4 is 110 Å². The minimum absolute atomic E-state index is 0.788. The second-order valence-corrected chi connectivity index (χ2v) is 23.1. The lowest BCUT2D eigenvalue weighted by Crippen LogP contribution is -2.29. The summed E-state index contributed by atoms with van der Waals surface area (Å²) in [6, 6.07) is 98.8. The Bertz CT molecular complexity index is 5000. The second kappa shape index (κ2) is 20.6. The summed E-state index contributed by atoms with van der Waals surface area (Å²) in [6.07, 6.45) is 6.29. The average Bonchev–Trinajstić information content (AvgIpc) is 1.60. The molecule has 1 aliphatic rings. The third-order valence-electron chi connectivity index (χ3n) is 18.2. The van der Waals surface area contributed by atoms with Crippen molar-refractivity contribution in [1.29, 1.82) is 0 Å². The Balaban J connectivity index is 0.979. The Morgan fingerprint density at radius 3 is 1.31 bits per heavy atom. The van der Waals surface area contributed by atoms with Gasteiger partial charge < -0.3 is 18.6 Å². The first-order chi connectivity index (χ1) is 42.1. The summed E-state index contributed by atoms with van der Waals surface area (Å²) in [4.78, 5) is 4.90. The maximum Gasteiger partial charge on any atom is 0.159 e. The molecule has 0 fully saturated rings. The first kappa shape index (κ1) is 50.6. The molecule has 0 saturated heterocycles. The van der Waals surface area contributed by atoms with Gasteiger partial charge in [-0.05, 0) is 164 Å². The molecule has 2 heterocycles. The van der Waals surface area contributed by atoms with Crippen LogP contribution in [0.4, 0.5) is 34.1 Å². The maximum absolute atomic E-state index is 7.42. The van der Waals surface area contributed by atoms with Crippen LogP contribution >= 0.6 is 0 Å². The molecule has 0 atom stereocenters. The van der Waals surface area contributed by atoms with Gasteiger partial charge in [-0.25, -0.2) is 0 Å². The number of aryl methyl sites for hydroxylation is 2. The molecule has 0 N–H and O–H groups in total. The summed E-state index contributed by atoms with van der Waals surface area (Å²) in [6.45, 7) is 4.53. The number of nitrogens with zero attached hydrogens (tertiary/aromatic N) is 2. The standard InChI is InChI=1S/C81H62N2O2/c1-3-5-27-55-49-53-29-19-21-39-62(53)75-67-43-25-45-71(79(67)84-77(55)75)82(59-35-15-9-16-36-59)61-47-48-66-69(51-61)81(57-31-11-7-12-32-57,58-33-13-8-14-34-58)70-52-73(64-41-23-24-42-65(64)74(66)70)83(60-37-17-10-18-38-60)72-46-26-44-68-76-63-40-22-20-30-54(63)50-56(28-6-4-2)78(76)85-80(68)72/h7-26,29-52H,3-6,27-28H2,1-2H3. The lowest BCUT2D eigenvalue weighted by atomic mass is 9.67. The number of furan rings is 2. The van der Waals surface area contributed by atoms with Gasteiger partial charge in [0.15, 0.2) is 11.2 Å². The molecule has 2 aromatic heterocycles. The van der Waals surface area contributed by atoms with Crippen molar-refractivity contribution in [3.63, 3.8) is 0 Å². The maximum atomic E-state index is 7.42. The monoisotopic (exact) mass is 1090 g/mol. The topological polar surface area (TPSA) is 32.8 Å². The van der Waals surface area contributed by atoms with Gasteiger partial charge in [0.25, 0.3) is 0 Å². The summed E-state index contributed by atoms with van der Waals surface area (Å²) >= 11 is 0. The Labute approximate surface area is 495 Å². The van der Waals surface area contributed by atoms with Gasteiger partial charge in [-0.3, -0.25) is 0 Å². The first-order valence-electron chi connectivity index (χ1n) is 30.4. The molecule has 85 heavy (non-hydrogen) atoms. The number of hydrogen-bond acceptors (Lipinski definition) is 4. The molecule has 4 nitrogen and oxygen atoms in total. The highest BCUT2D eigenvalue weighted by molar-refractivity contribution is 6.24. The van der Waals surface area contributed by atoms with E-state index in [1.54, 1.807) is 0 Å². The fourth-order valence-corrected chi connectivity index (χ4v) is 14.5. The SMILES string of the molecule is CCCCc1cc2ccccc2c2c1oc1c(N(c3ccccc3)c3ccc4c(c3)C(c3ccccc3)(c3ccccc3)c3cc(N(c5ccccc5)c5cccc6c5oc5c(CCCC)cc7ccccc7c56)c5ccccc5c3-4)cccc12. The predicted molar refractivity (Wildman–Crippen MR) is 357 cm³/mol. The van der Waals surface area contributed by atoms with Gasteiger partial charge in [-0.1, -0.05) is 227 Å². The summed E-state index contributed by atoms with van der Waals surface area (Å²) in [5.74, 6) is 0. The number of unbranched alkanes of at least 4 members (excludes halogenated alkanes) is 2. The molecule has 408 valence electrons. The van der Waals surface area contributed by atoms with Crippen molar-refractivity contribution in [1.82, 2.24) is 0 Å². The molecule has 16 rings (SSSR count). The summed E-state index contributed by atoms with van der Waals surface area (Å²) < 4.78 is 14.8. The highest BCUT2D eigenvalue weighted by Gasteiger charge is 2.48. The second-order valence-electron chi connectivity index (χ2n) is 23.1. The van der Waals surface area contributed by atoms with Crippen molar-refractivity contribution in [3.05, 3.63) is 300 Å². The van der Waals surface area contributed by atoms with Crippen LogP contribution in [0.25, 0.3) is 87.3 Å². The number of fused-ring (bicyclic) bond motifs is 15. The normalized spacial score (nSPS) is 12.7. The van der Waals surface area contributed by atoms with Crippen LogP contribution in [0.2, 0.25) is 0 Å². The molecule has 0 bridgehead atoms. The fraction of sp³-hybridized carbons (Fsp3) is 0.111. The van der Waals surface area contributed by atoms with Gasteiger partial charge in [0.2, 0.25) is 0 Å². The zero-order valence-corrected chi connectivity index (χ0v) is 47.9. The zero-order chi connectivity index (χ0) is 56.6. The van der Waals surface area contributed by atoms with Crippen LogP contribution in [-0.2, 0) is 18.3 Å². The molecular formula is C81H62N2O2. The Morgan fingerprint density at radius 2 is 0.776 bits per heavy atom. The fourth-order valence-electron chi connectivity index (χ4n) is 14.5. The van der Waals surface area contributed by atoms with Gasteiger partial charge in [0.05, 0.1) is 22.5 Å². The lowest BCUT2D eigenvalue weighted by molar-refractivity contribution is 0.659. The molecule has 15 aromatic rings. The van der Waals surface area contributed by atoms with E-state index in [9.17, 15) is 0 Å². The highest BCUT2D eigenvalue weighted by Crippen LogP contribution is 2.61. The third kappa shape index (κ3) is 7.89. The number of benzene rings is 13. The lowest BCUT2D eigenvalue weighted by Gasteiger charge is -2.36. The number of hydrogen-bond donors (Lipinski definition) is 0. The van der Waals surface area contributed by atoms with E-state index in [2.05, 4.69) is 291 Å². The highest BCUT2D eigenvalue weighted by atomic mass is 16.3. The van der Waals surface area contributed by atoms with Gasteiger partial charge in [0, 0.05) is 44.0 Å². The van der Waals surface area contributed by atoms with Crippen LogP contribution in [0.3, 0.4) is 0 Å². The quantitative estimate of drug-likeness (QED) is 0.109. The van der Waals surface area contributed by atoms with E-state index >= 15 is 0 Å². The average molecular weight is 1100 g/mol. The number of rotatable bonds is 14. The Morgan fingerprint density at radius 1 is 0.329 bits per heavy atom. The zero-order valence-electron chi connectivity index (χ0n) is 47.9. The van der Waals surface area contributed by atoms with E-state index in [0.29, 0.717) is 0 Å². The Hall–Kier alpha value is -10.2. The molecule has 0 unspecified atom stereocenters. The molecule has 0 radical (unpaired) electrons. The van der Waals surface area contributed by atoms with Crippen molar-refractivity contribution in [2.24, 2.45) is 0 Å². The van der Waals surface area contributed by atoms with Crippen molar-refractivity contribution in [2.45, 2.75) is 57.8 Å². The van der Waals surface area contributed by atoms with Gasteiger partial charge >= 0.3 is 0 Å². The van der Waals surface area contributed by atoms with Gasteiger partial charge in [-0.2, -0.15) is 0 Å². The van der Waals surface area contributed by atoms with Crippen LogP contribution in [-0.4, -0.2) is 0 Å². The third-order valence-corrected chi connectivity index (χ3v) is 18.2. The van der Waals surface area contributed by atoms with Gasteiger partial charge in [0.1, 0.15) is 11.2 Å². The van der Waals surface area contributed by atoms with Crippen molar-refractivity contribution < 1.29 is 8.83 Å². The molecular weight excluding hydrogens is 1030 g/mol. The molecule has 4 heteroatoms. The van der Waals surface area contributed by atoms with Crippen LogP contribution in [0.15, 0.2) is 276 Å². The van der Waals surface area contributed by atoms with Crippen LogP contribution in [0.1, 0.15) is 72.9 Å². The van der Waals surface area contributed by atoms with Crippen LogP contribution in [0.5, 0.6) is 0 Å². The number of para-hydroxylation sites is 4. The minimum atomic E-state index is -0.788. The van der Waals surface area contributed by atoms with E-state index in [1.807, 2.05) is 0 Å². The molecule has 0 amide bonds. The van der Waals surface area contributed by atoms with Crippen LogP contribution < -0.4 is 9.80 Å². The minimum Gasteiger partial charge on any atom is -0.454 e. The Kier molecular flexibility index (Phi) is 12.3. The smallest absolute Gasteiger partial charge is 0.159 e. The number of anilines is 6. The van der Waals surface area contributed by atoms with Crippen LogP contribution in [0, 0.1) is 0 Å².